The Labute approximate surface area is 91.2 Å². The fourth-order valence-corrected chi connectivity index (χ4v) is 2.40. The molecule has 0 saturated carbocycles. The van der Waals surface area contributed by atoms with E-state index < -0.39 is 41.4 Å². The minimum atomic E-state index is -4.75. The molecule has 0 radical (unpaired) electrons. The lowest BCUT2D eigenvalue weighted by Crippen LogP contribution is -2.07. The maximum atomic E-state index is 13.1. The van der Waals surface area contributed by atoms with Gasteiger partial charge in [0.15, 0.2) is 0 Å². The Morgan fingerprint density at radius 3 is 1.94 bits per heavy atom. The second kappa shape index (κ2) is 3.77. The topological polar surface area (TPSA) is 109 Å². The highest BCUT2D eigenvalue weighted by Crippen LogP contribution is 2.22. The Kier molecular flexibility index (Phi) is 3.07. The van der Waals surface area contributed by atoms with E-state index in [2.05, 4.69) is 0 Å². The molecule has 6 nitrogen and oxygen atoms in total. The summed E-state index contributed by atoms with van der Waals surface area (Å²) in [6, 6.07) is 0.933. The molecule has 9 heteroatoms. The van der Waals surface area contributed by atoms with Gasteiger partial charge in [-0.1, -0.05) is 0 Å². The molecule has 0 aromatic heterocycles. The molecule has 0 fully saturated rings. The van der Waals surface area contributed by atoms with Crippen LogP contribution in [-0.4, -0.2) is 25.9 Å². The maximum Gasteiger partial charge on any atom is 0.294 e. The first kappa shape index (κ1) is 13.0. The zero-order chi connectivity index (χ0) is 12.7. The third-order valence-corrected chi connectivity index (χ3v) is 3.66. The van der Waals surface area contributed by atoms with E-state index in [9.17, 15) is 21.2 Å². The predicted molar refractivity (Wildman–Crippen MR) is 50.8 cm³/mol. The van der Waals surface area contributed by atoms with Gasteiger partial charge in [0, 0.05) is 5.56 Å². The second-order valence-electron chi connectivity index (χ2n) is 2.98. The van der Waals surface area contributed by atoms with Crippen molar-refractivity contribution in [2.24, 2.45) is 0 Å². The third-order valence-electron chi connectivity index (χ3n) is 1.85. The van der Waals surface area contributed by atoms with E-state index in [-0.39, 0.29) is 0 Å². The lowest BCUT2D eigenvalue weighted by Gasteiger charge is -2.05. The highest BCUT2D eigenvalue weighted by Gasteiger charge is 2.21. The lowest BCUT2D eigenvalue weighted by atomic mass is 10.2. The Morgan fingerprint density at radius 2 is 1.56 bits per heavy atom. The van der Waals surface area contributed by atoms with Crippen molar-refractivity contribution in [3.63, 3.8) is 0 Å². The fourth-order valence-electron chi connectivity index (χ4n) is 1.05. The predicted octanol–water partition coefficient (Wildman–Crippen LogP) is 0.628. The number of rotatable bonds is 2. The van der Waals surface area contributed by atoms with E-state index >= 15 is 0 Å². The summed E-state index contributed by atoms with van der Waals surface area (Å²) in [5, 5.41) is 0. The van der Waals surface area contributed by atoms with E-state index in [1.165, 1.54) is 0 Å². The van der Waals surface area contributed by atoms with Crippen LogP contribution >= 0.6 is 0 Å². The van der Waals surface area contributed by atoms with Gasteiger partial charge in [0.05, 0.1) is 4.90 Å². The summed E-state index contributed by atoms with van der Waals surface area (Å²) in [7, 11) is -9.49. The first-order valence-electron chi connectivity index (χ1n) is 3.78. The van der Waals surface area contributed by atoms with Gasteiger partial charge in [-0.25, -0.2) is 4.39 Å². The largest absolute Gasteiger partial charge is 0.294 e. The summed E-state index contributed by atoms with van der Waals surface area (Å²) in [6.07, 6.45) is 0. The highest BCUT2D eigenvalue weighted by atomic mass is 32.2. The summed E-state index contributed by atoms with van der Waals surface area (Å²) in [6.45, 7) is 1.05. The molecule has 0 aliphatic heterocycles. The van der Waals surface area contributed by atoms with Crippen molar-refractivity contribution < 1.29 is 30.3 Å². The Bertz CT molecular complexity index is 631. The molecule has 90 valence electrons. The average Bonchev–Trinajstić information content (AvgIpc) is 2.05. The Morgan fingerprint density at radius 1 is 1.06 bits per heavy atom. The zero-order valence-corrected chi connectivity index (χ0v) is 9.51. The van der Waals surface area contributed by atoms with Crippen LogP contribution in [0.1, 0.15) is 5.56 Å². The zero-order valence-electron chi connectivity index (χ0n) is 7.88. The van der Waals surface area contributed by atoms with Gasteiger partial charge in [-0.15, -0.1) is 0 Å². The van der Waals surface area contributed by atoms with Gasteiger partial charge in [-0.3, -0.25) is 9.11 Å². The average molecular weight is 270 g/mol. The summed E-state index contributed by atoms with van der Waals surface area (Å²) < 4.78 is 73.5. The van der Waals surface area contributed by atoms with Gasteiger partial charge >= 0.3 is 0 Å². The summed E-state index contributed by atoms with van der Waals surface area (Å²) in [5.74, 6) is -1.16. The van der Waals surface area contributed by atoms with Crippen LogP contribution in [0.2, 0.25) is 0 Å². The smallest absolute Gasteiger partial charge is 0.282 e. The molecule has 0 bridgehead atoms. The van der Waals surface area contributed by atoms with Gasteiger partial charge < -0.3 is 0 Å². The van der Waals surface area contributed by atoms with E-state index in [0.29, 0.717) is 12.1 Å². The second-order valence-corrected chi connectivity index (χ2v) is 5.79. The molecule has 0 aliphatic rings. The molecule has 0 atom stereocenters. The Hall–Kier alpha value is -1.03. The first-order valence-corrected chi connectivity index (χ1v) is 6.66. The number of halogens is 1. The van der Waals surface area contributed by atoms with Crippen LogP contribution in [0, 0.1) is 12.7 Å². The summed E-state index contributed by atoms with van der Waals surface area (Å²) in [4.78, 5) is -1.84. The maximum absolute atomic E-state index is 13.1. The quantitative estimate of drug-likeness (QED) is 0.763. The minimum absolute atomic E-state index is 0.435. The lowest BCUT2D eigenvalue weighted by molar-refractivity contribution is 0.477. The van der Waals surface area contributed by atoms with Crippen LogP contribution in [-0.2, 0) is 20.2 Å². The van der Waals surface area contributed by atoms with Crippen molar-refractivity contribution in [1.82, 2.24) is 0 Å². The first-order chi connectivity index (χ1) is 7.03. The van der Waals surface area contributed by atoms with E-state index in [0.717, 1.165) is 6.92 Å². The highest BCUT2D eigenvalue weighted by molar-refractivity contribution is 7.86. The van der Waals surface area contributed by atoms with Crippen LogP contribution in [0.15, 0.2) is 21.9 Å². The van der Waals surface area contributed by atoms with Crippen LogP contribution in [0.3, 0.4) is 0 Å². The van der Waals surface area contributed by atoms with Gasteiger partial charge in [0.1, 0.15) is 10.7 Å². The van der Waals surface area contributed by atoms with E-state index in [4.69, 9.17) is 9.11 Å². The number of hydrogen-bond acceptors (Lipinski definition) is 4. The van der Waals surface area contributed by atoms with Gasteiger partial charge in [0.2, 0.25) is 0 Å². The van der Waals surface area contributed by atoms with Crippen molar-refractivity contribution >= 4 is 20.2 Å². The molecule has 1 aromatic rings. The molecule has 2 N–H and O–H groups in total. The monoisotopic (exact) mass is 270 g/mol. The van der Waals surface area contributed by atoms with Crippen LogP contribution in [0.25, 0.3) is 0 Å². The third kappa shape index (κ3) is 2.55. The number of hydrogen-bond donors (Lipinski definition) is 2. The number of benzene rings is 1. The summed E-state index contributed by atoms with van der Waals surface area (Å²) in [5.41, 5.74) is -0.435. The molecular weight excluding hydrogens is 263 g/mol. The van der Waals surface area contributed by atoms with Crippen LogP contribution in [0.5, 0.6) is 0 Å². The molecule has 0 heterocycles. The Balaban J connectivity index is 3.72. The van der Waals surface area contributed by atoms with Gasteiger partial charge in [-0.05, 0) is 19.1 Å². The molecule has 0 saturated heterocycles. The van der Waals surface area contributed by atoms with E-state index in [1.54, 1.807) is 0 Å². The van der Waals surface area contributed by atoms with Crippen molar-refractivity contribution in [1.29, 1.82) is 0 Å². The molecule has 16 heavy (non-hydrogen) atoms. The van der Waals surface area contributed by atoms with Gasteiger partial charge in [0.25, 0.3) is 20.2 Å². The normalized spacial score (nSPS) is 12.8. The van der Waals surface area contributed by atoms with Crippen molar-refractivity contribution in [3.05, 3.63) is 23.5 Å². The molecule has 0 aliphatic carbocycles. The fraction of sp³-hybridized carbons (Fsp3) is 0.143. The minimum Gasteiger partial charge on any atom is -0.282 e. The summed E-state index contributed by atoms with van der Waals surface area (Å²) >= 11 is 0. The molecule has 1 rings (SSSR count). The van der Waals surface area contributed by atoms with E-state index in [1.807, 2.05) is 0 Å². The SMILES string of the molecule is Cc1c(F)cc(S(=O)(=O)O)cc1S(=O)(=O)O. The van der Waals surface area contributed by atoms with Crippen molar-refractivity contribution in [2.45, 2.75) is 16.7 Å². The van der Waals surface area contributed by atoms with Crippen molar-refractivity contribution in [2.75, 3.05) is 0 Å². The molecular formula is C7H7FO6S2. The van der Waals surface area contributed by atoms with Gasteiger partial charge in [-0.2, -0.15) is 16.8 Å². The molecule has 1 aromatic carbocycles. The van der Waals surface area contributed by atoms with Crippen LogP contribution in [0.4, 0.5) is 4.39 Å². The molecule has 0 amide bonds. The standard InChI is InChI=1S/C7H7FO6S2/c1-4-6(8)2-5(15(9,10)11)3-7(4)16(12,13)14/h2-3H,1H3,(H,9,10,11)(H,12,13,14). The van der Waals surface area contributed by atoms with Crippen molar-refractivity contribution in [3.8, 4) is 0 Å². The molecule has 0 spiro atoms. The van der Waals surface area contributed by atoms with Crippen LogP contribution < -0.4 is 0 Å². The molecule has 0 unspecified atom stereocenters.